The Balaban J connectivity index is 1.74. The van der Waals surface area contributed by atoms with E-state index in [1.54, 1.807) is 24.5 Å². The minimum atomic E-state index is -0.140. The standard InChI is InChI=1S/C24H25ClN2O2S/c1-4-18-15(2)30-23-19(18)13-14-27(22(23)16-9-11-17(29-3)12-10-16)24(28)26-21-8-6-5-7-20(21)25/h5-12,22H,4,13-14H2,1-3H3,(H,26,28)/t22-/m1/s1. The summed E-state index contributed by atoms with van der Waals surface area (Å²) in [7, 11) is 1.66. The van der Waals surface area contributed by atoms with Crippen LogP contribution in [-0.4, -0.2) is 24.6 Å². The number of nitrogens with zero attached hydrogens (tertiary/aromatic N) is 1. The summed E-state index contributed by atoms with van der Waals surface area (Å²) < 4.78 is 5.33. The van der Waals surface area contributed by atoms with E-state index in [1.807, 2.05) is 35.2 Å². The molecule has 4 rings (SSSR count). The summed E-state index contributed by atoms with van der Waals surface area (Å²) in [6, 6.07) is 15.1. The molecule has 0 bridgehead atoms. The van der Waals surface area contributed by atoms with Crippen molar-refractivity contribution in [3.63, 3.8) is 0 Å². The first-order valence-electron chi connectivity index (χ1n) is 10.1. The first kappa shape index (κ1) is 20.8. The zero-order valence-electron chi connectivity index (χ0n) is 17.4. The van der Waals surface area contributed by atoms with E-state index in [0.717, 1.165) is 24.2 Å². The number of fused-ring (bicyclic) bond motifs is 1. The number of thiophene rings is 1. The first-order valence-corrected chi connectivity index (χ1v) is 11.3. The fourth-order valence-corrected chi connectivity index (χ4v) is 5.82. The fraction of sp³-hybridized carbons (Fsp3) is 0.292. The van der Waals surface area contributed by atoms with Crippen molar-refractivity contribution < 1.29 is 9.53 Å². The topological polar surface area (TPSA) is 41.6 Å². The molecule has 2 amide bonds. The van der Waals surface area contributed by atoms with Gasteiger partial charge in [-0.2, -0.15) is 0 Å². The maximum atomic E-state index is 13.3. The molecule has 0 spiro atoms. The van der Waals surface area contributed by atoms with Crippen molar-refractivity contribution in [2.24, 2.45) is 0 Å². The quantitative estimate of drug-likeness (QED) is 0.505. The molecule has 30 heavy (non-hydrogen) atoms. The lowest BCUT2D eigenvalue weighted by molar-refractivity contribution is 0.195. The molecule has 156 valence electrons. The Kier molecular flexibility index (Phi) is 6.02. The van der Waals surface area contributed by atoms with E-state index in [9.17, 15) is 4.79 Å². The zero-order chi connectivity index (χ0) is 21.3. The first-order chi connectivity index (χ1) is 14.5. The lowest BCUT2D eigenvalue weighted by atomic mass is 9.92. The van der Waals surface area contributed by atoms with Gasteiger partial charge in [0, 0.05) is 16.3 Å². The number of methoxy groups -OCH3 is 1. The Morgan fingerprint density at radius 1 is 1.23 bits per heavy atom. The van der Waals surface area contributed by atoms with Crippen LogP contribution in [0.15, 0.2) is 48.5 Å². The number of nitrogens with one attached hydrogen (secondary N) is 1. The van der Waals surface area contributed by atoms with Crippen LogP contribution in [0.3, 0.4) is 0 Å². The number of hydrogen-bond acceptors (Lipinski definition) is 3. The van der Waals surface area contributed by atoms with Crippen molar-refractivity contribution in [2.75, 3.05) is 19.0 Å². The van der Waals surface area contributed by atoms with E-state index in [0.29, 0.717) is 17.3 Å². The Morgan fingerprint density at radius 3 is 2.63 bits per heavy atom. The van der Waals surface area contributed by atoms with E-state index in [2.05, 4.69) is 31.3 Å². The number of aryl methyl sites for hydroxylation is 1. The summed E-state index contributed by atoms with van der Waals surface area (Å²) in [5.74, 6) is 0.804. The molecule has 2 aromatic carbocycles. The Labute approximate surface area is 186 Å². The van der Waals surface area contributed by atoms with E-state index in [-0.39, 0.29) is 12.1 Å². The van der Waals surface area contributed by atoms with Gasteiger partial charge in [-0.1, -0.05) is 42.8 Å². The highest BCUT2D eigenvalue weighted by Crippen LogP contribution is 2.43. The summed E-state index contributed by atoms with van der Waals surface area (Å²) in [6.45, 7) is 5.04. The van der Waals surface area contributed by atoms with Gasteiger partial charge in [-0.15, -0.1) is 11.3 Å². The average molecular weight is 441 g/mol. The van der Waals surface area contributed by atoms with Crippen LogP contribution in [-0.2, 0) is 12.8 Å². The second kappa shape index (κ2) is 8.70. The van der Waals surface area contributed by atoms with E-state index in [4.69, 9.17) is 16.3 Å². The molecule has 0 fully saturated rings. The molecule has 1 atom stereocenters. The fourth-order valence-electron chi connectivity index (χ4n) is 4.20. The van der Waals surface area contributed by atoms with Crippen LogP contribution >= 0.6 is 22.9 Å². The van der Waals surface area contributed by atoms with Gasteiger partial charge in [-0.05, 0) is 60.7 Å². The summed E-state index contributed by atoms with van der Waals surface area (Å²) in [6.07, 6.45) is 1.88. The van der Waals surface area contributed by atoms with Crippen LogP contribution in [0.2, 0.25) is 5.02 Å². The lowest BCUT2D eigenvalue weighted by Crippen LogP contribution is -2.42. The lowest BCUT2D eigenvalue weighted by Gasteiger charge is -2.36. The number of hydrogen-bond donors (Lipinski definition) is 1. The van der Waals surface area contributed by atoms with Crippen LogP contribution in [0.5, 0.6) is 5.75 Å². The summed E-state index contributed by atoms with van der Waals surface area (Å²) in [5.41, 5.74) is 4.54. The SMILES string of the molecule is CCc1c(C)sc2c1CCN(C(=O)Nc1ccccc1Cl)[C@@H]2c1ccc(OC)cc1. The largest absolute Gasteiger partial charge is 0.497 e. The van der Waals surface area contributed by atoms with Gasteiger partial charge in [0.1, 0.15) is 5.75 Å². The highest BCUT2D eigenvalue weighted by Gasteiger charge is 2.35. The smallest absolute Gasteiger partial charge is 0.322 e. The molecule has 0 saturated carbocycles. The summed E-state index contributed by atoms with van der Waals surface area (Å²) in [5, 5.41) is 3.54. The number of amides is 2. The number of benzene rings is 2. The molecule has 1 aromatic heterocycles. The summed E-state index contributed by atoms with van der Waals surface area (Å²) >= 11 is 8.08. The van der Waals surface area contributed by atoms with Gasteiger partial charge >= 0.3 is 6.03 Å². The second-order valence-corrected chi connectivity index (χ2v) is 9.03. The normalized spacial score (nSPS) is 15.6. The van der Waals surface area contributed by atoms with Gasteiger partial charge in [0.2, 0.25) is 0 Å². The maximum absolute atomic E-state index is 13.3. The van der Waals surface area contributed by atoms with E-state index < -0.39 is 0 Å². The maximum Gasteiger partial charge on any atom is 0.322 e. The predicted molar refractivity (Wildman–Crippen MR) is 124 cm³/mol. The van der Waals surface area contributed by atoms with Crippen molar-refractivity contribution in [3.05, 3.63) is 80.0 Å². The van der Waals surface area contributed by atoms with Crippen LogP contribution in [0.4, 0.5) is 10.5 Å². The molecule has 4 nitrogen and oxygen atoms in total. The number of carbonyl (C=O) groups is 1. The zero-order valence-corrected chi connectivity index (χ0v) is 18.9. The third kappa shape index (κ3) is 3.80. The molecule has 1 aliphatic heterocycles. The molecular weight excluding hydrogens is 416 g/mol. The average Bonchev–Trinajstić information content (AvgIpc) is 3.09. The van der Waals surface area contributed by atoms with Crippen LogP contribution in [0.1, 0.15) is 39.4 Å². The van der Waals surface area contributed by atoms with Gasteiger partial charge in [-0.3, -0.25) is 0 Å². The van der Waals surface area contributed by atoms with Crippen molar-refractivity contribution in [3.8, 4) is 5.75 Å². The molecular formula is C24H25ClN2O2S. The number of halogens is 1. The van der Waals surface area contributed by atoms with Crippen molar-refractivity contribution >= 4 is 34.7 Å². The number of rotatable bonds is 4. The molecule has 2 heterocycles. The molecule has 3 aromatic rings. The minimum absolute atomic E-state index is 0.133. The van der Waals surface area contributed by atoms with Gasteiger partial charge in [-0.25, -0.2) is 4.79 Å². The molecule has 0 aliphatic carbocycles. The van der Waals surface area contributed by atoms with Gasteiger partial charge < -0.3 is 15.0 Å². The highest BCUT2D eigenvalue weighted by atomic mass is 35.5. The van der Waals surface area contributed by atoms with Crippen molar-refractivity contribution in [1.29, 1.82) is 0 Å². The number of anilines is 1. The highest BCUT2D eigenvalue weighted by molar-refractivity contribution is 7.12. The molecule has 0 saturated heterocycles. The van der Waals surface area contributed by atoms with Gasteiger partial charge in [0.05, 0.1) is 23.9 Å². The number of urea groups is 1. The second-order valence-electron chi connectivity index (χ2n) is 7.36. The van der Waals surface area contributed by atoms with E-state index in [1.165, 1.54) is 20.9 Å². The van der Waals surface area contributed by atoms with Crippen molar-refractivity contribution in [1.82, 2.24) is 4.90 Å². The van der Waals surface area contributed by atoms with Gasteiger partial charge in [0.15, 0.2) is 0 Å². The Hall–Kier alpha value is -2.50. The predicted octanol–water partition coefficient (Wildman–Crippen LogP) is 6.46. The van der Waals surface area contributed by atoms with Crippen LogP contribution < -0.4 is 10.1 Å². The third-order valence-corrected chi connectivity index (χ3v) is 7.25. The van der Waals surface area contributed by atoms with Crippen LogP contribution in [0, 0.1) is 6.92 Å². The number of para-hydroxylation sites is 1. The molecule has 1 aliphatic rings. The molecule has 0 radical (unpaired) electrons. The molecule has 0 unspecified atom stereocenters. The Morgan fingerprint density at radius 2 is 1.97 bits per heavy atom. The number of carbonyl (C=O) groups excluding carboxylic acids is 1. The monoisotopic (exact) mass is 440 g/mol. The van der Waals surface area contributed by atoms with Crippen LogP contribution in [0.25, 0.3) is 0 Å². The number of ether oxygens (including phenoxy) is 1. The van der Waals surface area contributed by atoms with Crippen molar-refractivity contribution in [2.45, 2.75) is 32.7 Å². The third-order valence-electron chi connectivity index (χ3n) is 5.67. The molecule has 6 heteroatoms. The molecule has 1 N–H and O–H groups in total. The van der Waals surface area contributed by atoms with E-state index >= 15 is 0 Å². The Bertz CT molecular complexity index is 1060. The minimum Gasteiger partial charge on any atom is -0.497 e. The van der Waals surface area contributed by atoms with Gasteiger partial charge in [0.25, 0.3) is 0 Å². The summed E-state index contributed by atoms with van der Waals surface area (Å²) in [4.78, 5) is 17.9.